The van der Waals surface area contributed by atoms with Crippen LogP contribution in [0, 0.1) is 5.41 Å². The molecule has 0 aromatic heterocycles. The van der Waals surface area contributed by atoms with Gasteiger partial charge in [-0.3, -0.25) is 4.79 Å². The lowest BCUT2D eigenvalue weighted by atomic mass is 9.74. The van der Waals surface area contributed by atoms with Crippen LogP contribution >= 0.6 is 0 Å². The second-order valence-electron chi connectivity index (χ2n) is 5.09. The van der Waals surface area contributed by atoms with E-state index in [1.54, 1.807) is 19.9 Å². The van der Waals surface area contributed by atoms with Gasteiger partial charge in [0, 0.05) is 16.6 Å². The second-order valence-corrected chi connectivity index (χ2v) is 5.09. The normalized spacial score (nSPS) is 22.9. The van der Waals surface area contributed by atoms with Crippen molar-refractivity contribution >= 4 is 12.3 Å². The van der Waals surface area contributed by atoms with Gasteiger partial charge in [-0.1, -0.05) is 26.0 Å². The van der Waals surface area contributed by atoms with Crippen LogP contribution in [0.1, 0.15) is 34.6 Å². The SMILES string of the molecule is C/C=C(/C)C(=O)O[C@H]1C=CC(C)=C(C=O)C1(C)C. The van der Waals surface area contributed by atoms with Crippen LogP contribution in [-0.2, 0) is 14.3 Å². The van der Waals surface area contributed by atoms with Crippen LogP contribution in [0.3, 0.4) is 0 Å². The molecule has 1 aliphatic rings. The fraction of sp³-hybridized carbons (Fsp3) is 0.467. The molecule has 0 aromatic rings. The molecule has 98 valence electrons. The van der Waals surface area contributed by atoms with Crippen molar-refractivity contribution in [1.29, 1.82) is 0 Å². The molecule has 0 saturated carbocycles. The van der Waals surface area contributed by atoms with Crippen LogP contribution in [0.25, 0.3) is 0 Å². The summed E-state index contributed by atoms with van der Waals surface area (Å²) in [6.07, 6.45) is 5.82. The van der Waals surface area contributed by atoms with Crippen LogP contribution in [0.5, 0.6) is 0 Å². The number of allylic oxidation sites excluding steroid dienone is 3. The van der Waals surface area contributed by atoms with Crippen LogP contribution in [0.15, 0.2) is 34.9 Å². The Balaban J connectivity index is 2.98. The standard InChI is InChI=1S/C15H20O3/c1-6-10(2)14(17)18-13-8-7-11(3)12(9-16)15(13,4)5/h6-9,13H,1-5H3/b10-6-/t13-/m0/s1. The Morgan fingerprint density at radius 3 is 2.56 bits per heavy atom. The third-order valence-corrected chi connectivity index (χ3v) is 3.46. The molecule has 1 rings (SSSR count). The number of esters is 1. The molecule has 0 amide bonds. The predicted molar refractivity (Wildman–Crippen MR) is 71.0 cm³/mol. The molecule has 0 N–H and O–H groups in total. The monoisotopic (exact) mass is 248 g/mol. The lowest BCUT2D eigenvalue weighted by Gasteiger charge is -2.35. The molecule has 3 nitrogen and oxygen atoms in total. The Kier molecular flexibility index (Phi) is 4.28. The number of carbonyl (C=O) groups excluding carboxylic acids is 2. The smallest absolute Gasteiger partial charge is 0.333 e. The van der Waals surface area contributed by atoms with Gasteiger partial charge in [-0.05, 0) is 32.4 Å². The van der Waals surface area contributed by atoms with E-state index in [-0.39, 0.29) is 5.97 Å². The first kappa shape index (κ1) is 14.4. The Morgan fingerprint density at radius 1 is 1.44 bits per heavy atom. The summed E-state index contributed by atoms with van der Waals surface area (Å²) in [4.78, 5) is 22.9. The second kappa shape index (κ2) is 5.34. The average molecular weight is 248 g/mol. The van der Waals surface area contributed by atoms with Gasteiger partial charge in [-0.2, -0.15) is 0 Å². The summed E-state index contributed by atoms with van der Waals surface area (Å²) in [5.41, 5.74) is 1.67. The third kappa shape index (κ3) is 2.61. The van der Waals surface area contributed by atoms with E-state index in [0.29, 0.717) is 11.1 Å². The zero-order valence-corrected chi connectivity index (χ0v) is 11.6. The van der Waals surface area contributed by atoms with E-state index < -0.39 is 11.5 Å². The predicted octanol–water partition coefficient (Wildman–Crippen LogP) is 2.98. The maximum Gasteiger partial charge on any atom is 0.333 e. The molecule has 0 fully saturated rings. The summed E-state index contributed by atoms with van der Waals surface area (Å²) in [5.74, 6) is -0.343. The highest BCUT2D eigenvalue weighted by atomic mass is 16.5. The number of ether oxygens (including phenoxy) is 1. The van der Waals surface area contributed by atoms with Gasteiger partial charge < -0.3 is 4.74 Å². The minimum Gasteiger partial charge on any atom is -0.454 e. The van der Waals surface area contributed by atoms with Gasteiger partial charge >= 0.3 is 5.97 Å². The first-order valence-electron chi connectivity index (χ1n) is 6.03. The van der Waals surface area contributed by atoms with Crippen LogP contribution in [0.4, 0.5) is 0 Å². The Labute approximate surface area is 108 Å². The molecule has 18 heavy (non-hydrogen) atoms. The molecule has 0 bridgehead atoms. The van der Waals surface area contributed by atoms with Crippen molar-refractivity contribution in [3.05, 3.63) is 34.9 Å². The molecule has 0 saturated heterocycles. The van der Waals surface area contributed by atoms with Crippen molar-refractivity contribution in [3.63, 3.8) is 0 Å². The van der Waals surface area contributed by atoms with E-state index in [1.165, 1.54) is 0 Å². The lowest BCUT2D eigenvalue weighted by Crippen LogP contribution is -2.37. The maximum atomic E-state index is 11.8. The minimum absolute atomic E-state index is 0.343. The zero-order valence-electron chi connectivity index (χ0n) is 11.6. The minimum atomic E-state index is -0.496. The van der Waals surface area contributed by atoms with E-state index in [4.69, 9.17) is 4.74 Å². The van der Waals surface area contributed by atoms with E-state index in [0.717, 1.165) is 11.9 Å². The summed E-state index contributed by atoms with van der Waals surface area (Å²) >= 11 is 0. The number of carbonyl (C=O) groups is 2. The first-order valence-corrected chi connectivity index (χ1v) is 6.03. The van der Waals surface area contributed by atoms with Crippen LogP contribution < -0.4 is 0 Å². The number of hydrogen-bond acceptors (Lipinski definition) is 3. The molecule has 0 radical (unpaired) electrons. The molecule has 0 unspecified atom stereocenters. The number of rotatable bonds is 3. The molecule has 0 aromatic carbocycles. The highest BCUT2D eigenvalue weighted by molar-refractivity contribution is 5.88. The van der Waals surface area contributed by atoms with Crippen molar-refractivity contribution in [2.24, 2.45) is 5.41 Å². The van der Waals surface area contributed by atoms with Gasteiger partial charge in [0.15, 0.2) is 0 Å². The van der Waals surface area contributed by atoms with Gasteiger partial charge in [0.1, 0.15) is 12.4 Å². The first-order chi connectivity index (χ1) is 8.34. The molecule has 0 heterocycles. The molecular weight excluding hydrogens is 228 g/mol. The van der Waals surface area contributed by atoms with Crippen molar-refractivity contribution < 1.29 is 14.3 Å². The van der Waals surface area contributed by atoms with Gasteiger partial charge in [0.25, 0.3) is 0 Å². The topological polar surface area (TPSA) is 43.4 Å². The van der Waals surface area contributed by atoms with E-state index in [2.05, 4.69) is 0 Å². The van der Waals surface area contributed by atoms with E-state index in [1.807, 2.05) is 32.9 Å². The quantitative estimate of drug-likeness (QED) is 0.438. The van der Waals surface area contributed by atoms with Crippen molar-refractivity contribution in [1.82, 2.24) is 0 Å². The van der Waals surface area contributed by atoms with Gasteiger partial charge in [-0.15, -0.1) is 0 Å². The fourth-order valence-corrected chi connectivity index (χ4v) is 1.98. The summed E-state index contributed by atoms with van der Waals surface area (Å²) in [5, 5.41) is 0. The van der Waals surface area contributed by atoms with Crippen molar-refractivity contribution in [3.8, 4) is 0 Å². The molecule has 1 aliphatic carbocycles. The van der Waals surface area contributed by atoms with Crippen molar-refractivity contribution in [2.75, 3.05) is 0 Å². The number of hydrogen-bond donors (Lipinski definition) is 0. The summed E-state index contributed by atoms with van der Waals surface area (Å²) in [6.45, 7) is 9.21. The Morgan fingerprint density at radius 2 is 2.06 bits per heavy atom. The lowest BCUT2D eigenvalue weighted by molar-refractivity contribution is -0.146. The average Bonchev–Trinajstić information content (AvgIpc) is 2.31. The largest absolute Gasteiger partial charge is 0.454 e. The van der Waals surface area contributed by atoms with Gasteiger partial charge in [-0.25, -0.2) is 4.79 Å². The summed E-state index contributed by atoms with van der Waals surface area (Å²) < 4.78 is 5.45. The molecule has 1 atom stereocenters. The van der Waals surface area contributed by atoms with Crippen molar-refractivity contribution in [2.45, 2.75) is 40.7 Å². The Hall–Kier alpha value is -1.64. The highest BCUT2D eigenvalue weighted by Gasteiger charge is 2.37. The Bertz CT molecular complexity index is 450. The van der Waals surface area contributed by atoms with Crippen LogP contribution in [-0.4, -0.2) is 18.4 Å². The zero-order chi connectivity index (χ0) is 13.9. The van der Waals surface area contributed by atoms with E-state index >= 15 is 0 Å². The van der Waals surface area contributed by atoms with Gasteiger partial charge in [0.05, 0.1) is 0 Å². The third-order valence-electron chi connectivity index (χ3n) is 3.46. The summed E-state index contributed by atoms with van der Waals surface area (Å²) in [6, 6.07) is 0. The van der Waals surface area contributed by atoms with Gasteiger partial charge in [0.2, 0.25) is 0 Å². The highest BCUT2D eigenvalue weighted by Crippen LogP contribution is 2.37. The molecular formula is C15H20O3. The van der Waals surface area contributed by atoms with Crippen LogP contribution in [0.2, 0.25) is 0 Å². The molecule has 0 spiro atoms. The maximum absolute atomic E-state index is 11.8. The fourth-order valence-electron chi connectivity index (χ4n) is 1.98. The number of aldehydes is 1. The molecule has 3 heteroatoms. The van der Waals surface area contributed by atoms with E-state index in [9.17, 15) is 9.59 Å². The summed E-state index contributed by atoms with van der Waals surface area (Å²) in [7, 11) is 0. The molecule has 0 aliphatic heterocycles.